The molecule has 146 valence electrons. The summed E-state index contributed by atoms with van der Waals surface area (Å²) in [5, 5.41) is 2.85. The summed E-state index contributed by atoms with van der Waals surface area (Å²) in [6.45, 7) is 1.54. The number of rotatable bonds is 6. The Morgan fingerprint density at radius 2 is 1.90 bits per heavy atom. The number of fused-ring (bicyclic) bond motifs is 1. The van der Waals surface area contributed by atoms with Gasteiger partial charge in [0.2, 0.25) is 5.91 Å². The van der Waals surface area contributed by atoms with E-state index in [9.17, 15) is 9.59 Å². The Balaban J connectivity index is 1.15. The number of aromatic nitrogens is 1. The molecule has 2 aliphatic heterocycles. The summed E-state index contributed by atoms with van der Waals surface area (Å²) in [6.07, 6.45) is 0.534. The molecule has 0 aliphatic carbocycles. The molecule has 1 aromatic heterocycles. The van der Waals surface area contributed by atoms with Gasteiger partial charge in [-0.05, 0) is 42.3 Å². The molecule has 1 unspecified atom stereocenters. The van der Waals surface area contributed by atoms with Crippen molar-refractivity contribution in [2.75, 3.05) is 18.1 Å². The summed E-state index contributed by atoms with van der Waals surface area (Å²) in [5.41, 5.74) is 2.01. The minimum Gasteiger partial charge on any atom is -0.491 e. The van der Waals surface area contributed by atoms with Crippen molar-refractivity contribution in [3.63, 3.8) is 0 Å². The molecule has 2 saturated heterocycles. The van der Waals surface area contributed by atoms with E-state index in [4.69, 9.17) is 9.72 Å². The predicted octanol–water partition coefficient (Wildman–Crippen LogP) is 3.40. The van der Waals surface area contributed by atoms with Crippen molar-refractivity contribution in [2.45, 2.75) is 17.7 Å². The number of imide groups is 1. The van der Waals surface area contributed by atoms with Crippen LogP contribution in [0.25, 0.3) is 10.9 Å². The van der Waals surface area contributed by atoms with Gasteiger partial charge in [-0.15, -0.1) is 0 Å². The number of carbonyl (C=O) groups excluding carboxylic acids is 2. The van der Waals surface area contributed by atoms with Crippen LogP contribution in [-0.2, 0) is 11.2 Å². The number of para-hydroxylation sites is 1. The molecule has 2 aromatic carbocycles. The lowest BCUT2D eigenvalue weighted by Crippen LogP contribution is -2.25. The molecule has 3 aromatic rings. The molecule has 5 rings (SSSR count). The highest BCUT2D eigenvalue weighted by Gasteiger charge is 2.36. The quantitative estimate of drug-likeness (QED) is 0.634. The number of hydrogen-bond donors (Lipinski definition) is 1. The van der Waals surface area contributed by atoms with Crippen LogP contribution in [0.15, 0.2) is 60.7 Å². The fraction of sp³-hybridized carbons (Fsp3) is 0.227. The van der Waals surface area contributed by atoms with Gasteiger partial charge >= 0.3 is 0 Å². The molecular formula is C22H19N3O3S. The maximum absolute atomic E-state index is 11.7. The van der Waals surface area contributed by atoms with Crippen LogP contribution in [0.4, 0.5) is 10.6 Å². The Bertz CT molecular complexity index is 1090. The van der Waals surface area contributed by atoms with E-state index in [-0.39, 0.29) is 16.4 Å². The zero-order chi connectivity index (χ0) is 19.8. The topological polar surface area (TPSA) is 71.3 Å². The first-order chi connectivity index (χ1) is 14.2. The fourth-order valence-electron chi connectivity index (χ4n) is 3.47. The second-order valence-corrected chi connectivity index (χ2v) is 8.39. The molecule has 0 saturated carbocycles. The van der Waals surface area contributed by atoms with E-state index in [2.05, 4.69) is 28.4 Å². The lowest BCUT2D eigenvalue weighted by atomic mass is 10.1. The molecule has 2 fully saturated rings. The van der Waals surface area contributed by atoms with Crippen LogP contribution in [0.2, 0.25) is 0 Å². The third-order valence-electron chi connectivity index (χ3n) is 5.15. The van der Waals surface area contributed by atoms with Gasteiger partial charge in [-0.1, -0.05) is 42.1 Å². The molecule has 0 spiro atoms. The number of nitrogens with zero attached hydrogens (tertiary/aromatic N) is 2. The Kier molecular flexibility index (Phi) is 4.60. The van der Waals surface area contributed by atoms with Crippen LogP contribution in [0, 0.1) is 0 Å². The maximum atomic E-state index is 11.7. The molecule has 29 heavy (non-hydrogen) atoms. The van der Waals surface area contributed by atoms with Crippen molar-refractivity contribution >= 4 is 39.6 Å². The minimum absolute atomic E-state index is 0.212. The van der Waals surface area contributed by atoms with Crippen molar-refractivity contribution in [3.8, 4) is 5.75 Å². The number of thioether (sulfide) groups is 1. The number of amides is 2. The largest absolute Gasteiger partial charge is 0.491 e. The molecule has 0 bridgehead atoms. The SMILES string of the molecule is O=C1NC(=O)C(Cc2ccc(OC[C@@H]3CN3c3ccc4ccccc4n3)cc2)S1. The molecule has 3 heterocycles. The summed E-state index contributed by atoms with van der Waals surface area (Å²) in [4.78, 5) is 29.9. The van der Waals surface area contributed by atoms with Crippen molar-refractivity contribution in [2.24, 2.45) is 0 Å². The second kappa shape index (κ2) is 7.40. The number of carbonyl (C=O) groups is 2. The van der Waals surface area contributed by atoms with Crippen molar-refractivity contribution in [3.05, 3.63) is 66.2 Å². The summed E-state index contributed by atoms with van der Waals surface area (Å²) in [6, 6.07) is 20.3. The van der Waals surface area contributed by atoms with Crippen LogP contribution in [0.3, 0.4) is 0 Å². The van der Waals surface area contributed by atoms with E-state index in [0.29, 0.717) is 19.1 Å². The van der Waals surface area contributed by atoms with Crippen LogP contribution >= 0.6 is 11.8 Å². The summed E-state index contributed by atoms with van der Waals surface area (Å²) in [7, 11) is 0. The van der Waals surface area contributed by atoms with E-state index >= 15 is 0 Å². The Morgan fingerprint density at radius 3 is 2.69 bits per heavy atom. The smallest absolute Gasteiger partial charge is 0.286 e. The molecule has 1 N–H and O–H groups in total. The van der Waals surface area contributed by atoms with Crippen molar-refractivity contribution in [1.82, 2.24) is 10.3 Å². The Morgan fingerprint density at radius 1 is 1.07 bits per heavy atom. The minimum atomic E-state index is -0.344. The monoisotopic (exact) mass is 405 g/mol. The van der Waals surface area contributed by atoms with Gasteiger partial charge in [0, 0.05) is 11.9 Å². The molecular weight excluding hydrogens is 386 g/mol. The average molecular weight is 405 g/mol. The van der Waals surface area contributed by atoms with Crippen LogP contribution in [-0.4, -0.2) is 40.6 Å². The lowest BCUT2D eigenvalue weighted by Gasteiger charge is -2.09. The number of benzene rings is 2. The second-order valence-electron chi connectivity index (χ2n) is 7.21. The summed E-state index contributed by atoms with van der Waals surface area (Å²) >= 11 is 1.05. The van der Waals surface area contributed by atoms with Crippen LogP contribution in [0.1, 0.15) is 5.56 Å². The number of nitrogens with one attached hydrogen (secondary N) is 1. The van der Waals surface area contributed by atoms with Gasteiger partial charge in [0.05, 0.1) is 16.8 Å². The van der Waals surface area contributed by atoms with E-state index in [1.54, 1.807) is 0 Å². The third kappa shape index (κ3) is 3.91. The van der Waals surface area contributed by atoms with E-state index in [0.717, 1.165) is 46.3 Å². The van der Waals surface area contributed by atoms with Gasteiger partial charge in [-0.25, -0.2) is 4.98 Å². The van der Waals surface area contributed by atoms with E-state index in [1.807, 2.05) is 42.5 Å². The molecule has 2 atom stereocenters. The number of anilines is 1. The molecule has 2 aliphatic rings. The first kappa shape index (κ1) is 18.0. The van der Waals surface area contributed by atoms with Gasteiger partial charge in [0.25, 0.3) is 5.24 Å². The average Bonchev–Trinajstić information content (AvgIpc) is 3.45. The van der Waals surface area contributed by atoms with Gasteiger partial charge in [-0.3, -0.25) is 14.9 Å². The normalized spacial score (nSPS) is 20.8. The predicted molar refractivity (Wildman–Crippen MR) is 113 cm³/mol. The first-order valence-electron chi connectivity index (χ1n) is 9.51. The van der Waals surface area contributed by atoms with E-state index < -0.39 is 0 Å². The fourth-order valence-corrected chi connectivity index (χ4v) is 4.33. The summed E-state index contributed by atoms with van der Waals surface area (Å²) < 4.78 is 5.92. The molecule has 2 amide bonds. The van der Waals surface area contributed by atoms with E-state index in [1.165, 1.54) is 0 Å². The standard InChI is InChI=1S/C22H19N3O3S/c26-21-19(29-22(27)24-21)11-14-5-8-17(9-6-14)28-13-16-12-25(16)20-10-7-15-3-1-2-4-18(15)23-20/h1-10,16,19H,11-13H2,(H,24,26,27)/t16-,19?,25?/m0/s1. The highest BCUT2D eigenvalue weighted by atomic mass is 32.2. The first-order valence-corrected chi connectivity index (χ1v) is 10.4. The highest BCUT2D eigenvalue weighted by Crippen LogP contribution is 2.29. The van der Waals surface area contributed by atoms with Gasteiger partial charge in [0.1, 0.15) is 18.2 Å². The van der Waals surface area contributed by atoms with Crippen molar-refractivity contribution in [1.29, 1.82) is 0 Å². The zero-order valence-corrected chi connectivity index (χ0v) is 16.4. The Labute approximate surface area is 172 Å². The van der Waals surface area contributed by atoms with Crippen LogP contribution < -0.4 is 15.0 Å². The maximum Gasteiger partial charge on any atom is 0.286 e. The summed E-state index contributed by atoms with van der Waals surface area (Å²) in [5.74, 6) is 1.57. The molecule has 0 radical (unpaired) electrons. The number of hydrogen-bond acceptors (Lipinski definition) is 6. The molecule has 6 nitrogen and oxygen atoms in total. The number of ether oxygens (including phenoxy) is 1. The zero-order valence-electron chi connectivity index (χ0n) is 15.6. The third-order valence-corrected chi connectivity index (χ3v) is 6.13. The van der Waals surface area contributed by atoms with Gasteiger partial charge in [-0.2, -0.15) is 0 Å². The van der Waals surface area contributed by atoms with Crippen LogP contribution in [0.5, 0.6) is 5.75 Å². The number of pyridine rings is 1. The van der Waals surface area contributed by atoms with Gasteiger partial charge in [0.15, 0.2) is 0 Å². The highest BCUT2D eigenvalue weighted by molar-refractivity contribution is 8.15. The van der Waals surface area contributed by atoms with Crippen molar-refractivity contribution < 1.29 is 14.3 Å². The van der Waals surface area contributed by atoms with Gasteiger partial charge < -0.3 is 9.64 Å². The molecule has 7 heteroatoms. The lowest BCUT2D eigenvalue weighted by molar-refractivity contribution is -0.118. The Hall–Kier alpha value is -3.06.